The van der Waals surface area contributed by atoms with E-state index in [-0.39, 0.29) is 11.2 Å². The quantitative estimate of drug-likeness (QED) is 0.107. The second-order valence-electron chi connectivity index (χ2n) is 12.3. The Kier molecular flexibility index (Phi) is 10.8. The second-order valence-corrected chi connectivity index (χ2v) is 14.3. The van der Waals surface area contributed by atoms with Gasteiger partial charge in [0.15, 0.2) is 9.84 Å². The van der Waals surface area contributed by atoms with E-state index in [2.05, 4.69) is 15.5 Å². The zero-order valence-electron chi connectivity index (χ0n) is 27.4. The molecule has 0 amide bonds. The normalized spacial score (nSPS) is 12.2. The van der Waals surface area contributed by atoms with Crippen LogP contribution in [0.2, 0.25) is 0 Å². The highest BCUT2D eigenvalue weighted by Gasteiger charge is 2.31. The van der Waals surface area contributed by atoms with Crippen LogP contribution in [0.1, 0.15) is 73.9 Å². The van der Waals surface area contributed by atoms with E-state index in [9.17, 15) is 26.4 Å². The standard InChI is InChI=1S/C36H41F3N4O4S/c1-24-31(23-47-42-24)29-20-26(35(44)43(25(29)2)28-16-12-15-27(21-28)36(37,38)39)14-10-8-6-4-5-7-9-11-19-40-34-22-30-32(41-34)17-13-18-33(30)48(3,45)46/h12-13,15-18,20-23,40-41H,4-11,14,19H2,1-3H3. The van der Waals surface area contributed by atoms with Crippen LogP contribution in [0.15, 0.2) is 75.1 Å². The number of aromatic nitrogens is 3. The molecule has 3 heterocycles. The molecular weight excluding hydrogens is 641 g/mol. The molecule has 5 rings (SSSR count). The number of pyridine rings is 1. The topological polar surface area (TPSA) is 110 Å². The molecule has 0 unspecified atom stereocenters. The predicted molar refractivity (Wildman–Crippen MR) is 183 cm³/mol. The van der Waals surface area contributed by atoms with E-state index in [0.29, 0.717) is 44.8 Å². The largest absolute Gasteiger partial charge is 0.416 e. The molecule has 0 aliphatic rings. The summed E-state index contributed by atoms with van der Waals surface area (Å²) in [5.41, 5.74) is 2.94. The van der Waals surface area contributed by atoms with Crippen molar-refractivity contribution in [2.75, 3.05) is 18.1 Å². The molecule has 0 radical (unpaired) electrons. The molecule has 2 N–H and O–H groups in total. The zero-order chi connectivity index (χ0) is 34.5. The molecule has 0 atom stereocenters. The molecule has 0 fully saturated rings. The summed E-state index contributed by atoms with van der Waals surface area (Å²) in [7, 11) is -3.31. The number of anilines is 1. The molecule has 3 aromatic heterocycles. The minimum Gasteiger partial charge on any atom is -0.372 e. The maximum Gasteiger partial charge on any atom is 0.416 e. The van der Waals surface area contributed by atoms with Crippen LogP contribution >= 0.6 is 0 Å². The fraction of sp³-hybridized carbons (Fsp3) is 0.389. The fourth-order valence-electron chi connectivity index (χ4n) is 6.16. The van der Waals surface area contributed by atoms with Gasteiger partial charge in [-0.3, -0.25) is 9.36 Å². The first-order valence-electron chi connectivity index (χ1n) is 16.2. The molecule has 8 nitrogen and oxygen atoms in total. The number of sulfone groups is 1. The van der Waals surface area contributed by atoms with Gasteiger partial charge < -0.3 is 14.8 Å². The summed E-state index contributed by atoms with van der Waals surface area (Å²) < 4.78 is 71.1. The van der Waals surface area contributed by atoms with Crippen molar-refractivity contribution in [2.45, 2.75) is 82.7 Å². The molecular formula is C36H41F3N4O4S. The number of benzene rings is 2. The maximum absolute atomic E-state index is 13.7. The Hall–Kier alpha value is -4.32. The third-order valence-corrected chi connectivity index (χ3v) is 9.86. The average Bonchev–Trinajstić information content (AvgIpc) is 3.65. The lowest BCUT2D eigenvalue weighted by Gasteiger charge is -2.18. The number of unbranched alkanes of at least 4 members (excludes halogenated alkanes) is 7. The van der Waals surface area contributed by atoms with Gasteiger partial charge in [-0.1, -0.05) is 55.8 Å². The van der Waals surface area contributed by atoms with Crippen molar-refractivity contribution in [1.82, 2.24) is 14.7 Å². The fourth-order valence-corrected chi connectivity index (χ4v) is 7.06. The molecule has 0 spiro atoms. The summed E-state index contributed by atoms with van der Waals surface area (Å²) in [6.07, 6.45) is 6.82. The number of aromatic amines is 1. The van der Waals surface area contributed by atoms with Crippen LogP contribution in [0.5, 0.6) is 0 Å². The second kappa shape index (κ2) is 14.8. The summed E-state index contributed by atoms with van der Waals surface area (Å²) in [6, 6.07) is 13.7. The van der Waals surface area contributed by atoms with E-state index in [1.165, 1.54) is 29.2 Å². The Balaban J connectivity index is 1.11. The van der Waals surface area contributed by atoms with Gasteiger partial charge in [0.2, 0.25) is 0 Å². The van der Waals surface area contributed by atoms with Crippen molar-refractivity contribution in [3.63, 3.8) is 0 Å². The molecule has 0 aliphatic heterocycles. The van der Waals surface area contributed by atoms with Gasteiger partial charge in [-0.15, -0.1) is 0 Å². The van der Waals surface area contributed by atoms with Crippen LogP contribution in [0, 0.1) is 13.8 Å². The Bertz CT molecular complexity index is 2040. The number of nitrogens with zero attached hydrogens (tertiary/aromatic N) is 2. The third-order valence-electron chi connectivity index (χ3n) is 8.71. The van der Waals surface area contributed by atoms with Gasteiger partial charge >= 0.3 is 6.18 Å². The molecule has 5 aromatic rings. The van der Waals surface area contributed by atoms with Gasteiger partial charge in [-0.05, 0) is 75.6 Å². The molecule has 2 aromatic carbocycles. The Labute approximate surface area is 278 Å². The number of hydrogen-bond acceptors (Lipinski definition) is 6. The van der Waals surface area contributed by atoms with Crippen molar-refractivity contribution in [3.05, 3.63) is 93.7 Å². The van der Waals surface area contributed by atoms with Crippen molar-refractivity contribution in [2.24, 2.45) is 0 Å². The van der Waals surface area contributed by atoms with Gasteiger partial charge in [0.05, 0.1) is 16.2 Å². The first-order chi connectivity index (χ1) is 22.8. The van der Waals surface area contributed by atoms with Gasteiger partial charge in [0, 0.05) is 51.8 Å². The number of aryl methyl sites for hydroxylation is 2. The number of fused-ring (bicyclic) bond motifs is 1. The summed E-state index contributed by atoms with van der Waals surface area (Å²) in [5, 5.41) is 8.01. The van der Waals surface area contributed by atoms with Crippen LogP contribution in [-0.2, 0) is 22.4 Å². The number of nitrogens with one attached hydrogen (secondary N) is 2. The molecule has 0 saturated carbocycles. The maximum atomic E-state index is 13.7. The molecule has 0 bridgehead atoms. The number of rotatable bonds is 15. The van der Waals surface area contributed by atoms with Crippen molar-refractivity contribution in [3.8, 4) is 16.8 Å². The van der Waals surface area contributed by atoms with Crippen molar-refractivity contribution >= 4 is 26.6 Å². The minimum absolute atomic E-state index is 0.169. The van der Waals surface area contributed by atoms with Gasteiger partial charge in [0.1, 0.15) is 12.1 Å². The molecule has 12 heteroatoms. The first-order valence-corrected chi connectivity index (χ1v) is 18.1. The summed E-state index contributed by atoms with van der Waals surface area (Å²) in [4.78, 5) is 17.2. The van der Waals surface area contributed by atoms with E-state index >= 15 is 0 Å². The number of alkyl halides is 3. The number of halogens is 3. The number of hydrogen-bond donors (Lipinski definition) is 2. The summed E-state index contributed by atoms with van der Waals surface area (Å²) in [5.74, 6) is 0.806. The molecule has 48 heavy (non-hydrogen) atoms. The lowest BCUT2D eigenvalue weighted by molar-refractivity contribution is -0.137. The van der Waals surface area contributed by atoms with Gasteiger partial charge in [-0.25, -0.2) is 8.42 Å². The predicted octanol–water partition coefficient (Wildman–Crippen LogP) is 8.79. The summed E-state index contributed by atoms with van der Waals surface area (Å²) >= 11 is 0. The van der Waals surface area contributed by atoms with E-state index in [1.54, 1.807) is 26.0 Å². The van der Waals surface area contributed by atoms with Crippen molar-refractivity contribution < 1.29 is 26.1 Å². The van der Waals surface area contributed by atoms with E-state index in [1.807, 2.05) is 18.2 Å². The van der Waals surface area contributed by atoms with Crippen LogP contribution < -0.4 is 10.9 Å². The van der Waals surface area contributed by atoms with Crippen LogP contribution in [0.25, 0.3) is 27.7 Å². The molecule has 0 saturated heterocycles. The lowest BCUT2D eigenvalue weighted by atomic mass is 9.99. The number of H-pyrrole nitrogens is 1. The average molecular weight is 683 g/mol. The Morgan fingerprint density at radius 3 is 2.25 bits per heavy atom. The highest BCUT2D eigenvalue weighted by Crippen LogP contribution is 2.32. The van der Waals surface area contributed by atoms with Crippen LogP contribution in [0.3, 0.4) is 0 Å². The van der Waals surface area contributed by atoms with E-state index < -0.39 is 21.6 Å². The van der Waals surface area contributed by atoms with Gasteiger partial charge in [0.25, 0.3) is 5.56 Å². The highest BCUT2D eigenvalue weighted by atomic mass is 32.2. The Morgan fingerprint density at radius 1 is 0.896 bits per heavy atom. The summed E-state index contributed by atoms with van der Waals surface area (Å²) in [6.45, 7) is 4.30. The van der Waals surface area contributed by atoms with Crippen LogP contribution in [-0.4, -0.2) is 35.9 Å². The van der Waals surface area contributed by atoms with Crippen molar-refractivity contribution in [1.29, 1.82) is 0 Å². The Morgan fingerprint density at radius 2 is 1.58 bits per heavy atom. The first kappa shape index (κ1) is 35.0. The molecule has 256 valence electrons. The molecule has 0 aliphatic carbocycles. The minimum atomic E-state index is -4.53. The van der Waals surface area contributed by atoms with Gasteiger partial charge in [-0.2, -0.15) is 13.2 Å². The highest BCUT2D eigenvalue weighted by molar-refractivity contribution is 7.91. The zero-order valence-corrected chi connectivity index (χ0v) is 28.2. The van der Waals surface area contributed by atoms with Crippen LogP contribution in [0.4, 0.5) is 19.0 Å². The lowest BCUT2D eigenvalue weighted by Crippen LogP contribution is -2.25. The SMILES string of the molecule is Cc1nocc1-c1cc(CCCCCCCCCCNc2cc3c(S(C)(=O)=O)cccc3[nH]2)c(=O)n(-c2cccc(C(F)(F)F)c2)c1C. The monoisotopic (exact) mass is 682 g/mol. The van der Waals surface area contributed by atoms with E-state index in [4.69, 9.17) is 4.52 Å². The third kappa shape index (κ3) is 8.21. The smallest absolute Gasteiger partial charge is 0.372 e. The van der Waals surface area contributed by atoms with E-state index in [0.717, 1.165) is 81.4 Å².